The van der Waals surface area contributed by atoms with Crippen LogP contribution in [0.2, 0.25) is 0 Å². The Kier molecular flexibility index (Phi) is 2.03. The van der Waals surface area contributed by atoms with E-state index in [2.05, 4.69) is 16.8 Å². The number of benzene rings is 1. The average molecular weight is 170 g/mol. The van der Waals surface area contributed by atoms with E-state index >= 15 is 0 Å². The van der Waals surface area contributed by atoms with Gasteiger partial charge in [0, 0.05) is 22.7 Å². The molecular formula is C11H10N2. The van der Waals surface area contributed by atoms with Gasteiger partial charge in [0.25, 0.3) is 0 Å². The zero-order valence-electron chi connectivity index (χ0n) is 7.17. The van der Waals surface area contributed by atoms with E-state index in [0.29, 0.717) is 6.54 Å². The van der Waals surface area contributed by atoms with E-state index in [9.17, 15) is 0 Å². The van der Waals surface area contributed by atoms with Gasteiger partial charge in [0.2, 0.25) is 0 Å². The number of nitrogens with two attached hydrogens (primary N) is 1. The van der Waals surface area contributed by atoms with Crippen LogP contribution in [0, 0.1) is 11.8 Å². The minimum atomic E-state index is 0.402. The highest BCUT2D eigenvalue weighted by Crippen LogP contribution is 2.15. The molecule has 0 atom stereocenters. The van der Waals surface area contributed by atoms with E-state index in [-0.39, 0.29) is 0 Å². The molecule has 0 fully saturated rings. The van der Waals surface area contributed by atoms with Crippen LogP contribution >= 0.6 is 0 Å². The Labute approximate surface area is 76.8 Å². The number of fused-ring (bicyclic) bond motifs is 1. The lowest BCUT2D eigenvalue weighted by Crippen LogP contribution is -1.92. The van der Waals surface area contributed by atoms with Crippen molar-refractivity contribution in [1.82, 2.24) is 4.98 Å². The lowest BCUT2D eigenvalue weighted by atomic mass is 10.2. The number of H-pyrrole nitrogens is 1. The first-order valence-electron chi connectivity index (χ1n) is 4.17. The summed E-state index contributed by atoms with van der Waals surface area (Å²) in [5.74, 6) is 5.86. The standard InChI is InChI=1S/C11H10N2/c12-7-3-4-9-8-13-11-6-2-1-5-10(9)11/h1-2,5-6,8,13H,7,12H2. The van der Waals surface area contributed by atoms with Crippen molar-refractivity contribution < 1.29 is 0 Å². The highest BCUT2D eigenvalue weighted by Gasteiger charge is 1.97. The van der Waals surface area contributed by atoms with Gasteiger partial charge in [-0.3, -0.25) is 0 Å². The van der Waals surface area contributed by atoms with Crippen LogP contribution < -0.4 is 5.73 Å². The first-order valence-corrected chi connectivity index (χ1v) is 4.17. The molecule has 13 heavy (non-hydrogen) atoms. The molecule has 1 aromatic carbocycles. The van der Waals surface area contributed by atoms with E-state index in [1.807, 2.05) is 30.5 Å². The van der Waals surface area contributed by atoms with Crippen LogP contribution in [-0.4, -0.2) is 11.5 Å². The summed E-state index contributed by atoms with van der Waals surface area (Å²) in [5.41, 5.74) is 7.43. The molecule has 0 bridgehead atoms. The fourth-order valence-corrected chi connectivity index (χ4v) is 1.32. The second kappa shape index (κ2) is 3.34. The number of hydrogen-bond acceptors (Lipinski definition) is 1. The summed E-state index contributed by atoms with van der Waals surface area (Å²) in [5, 5.41) is 1.16. The molecular weight excluding hydrogens is 160 g/mol. The SMILES string of the molecule is NCC#Cc1c[nH]c2ccccc12. The van der Waals surface area contributed by atoms with Crippen molar-refractivity contribution in [3.63, 3.8) is 0 Å². The third-order valence-corrected chi connectivity index (χ3v) is 1.91. The maximum Gasteiger partial charge on any atom is 0.0555 e. The molecule has 2 nitrogen and oxygen atoms in total. The quantitative estimate of drug-likeness (QED) is 0.578. The lowest BCUT2D eigenvalue weighted by molar-refractivity contribution is 1.30. The van der Waals surface area contributed by atoms with Crippen LogP contribution in [0.25, 0.3) is 10.9 Å². The molecule has 0 aliphatic carbocycles. The molecule has 0 aliphatic rings. The van der Waals surface area contributed by atoms with Gasteiger partial charge < -0.3 is 10.7 Å². The van der Waals surface area contributed by atoms with Crippen LogP contribution in [0.3, 0.4) is 0 Å². The Bertz CT molecular complexity index is 471. The molecule has 2 aromatic rings. The maximum absolute atomic E-state index is 5.31. The Morgan fingerprint density at radius 3 is 3.00 bits per heavy atom. The van der Waals surface area contributed by atoms with Gasteiger partial charge in [0.1, 0.15) is 0 Å². The summed E-state index contributed by atoms with van der Waals surface area (Å²) in [7, 11) is 0. The van der Waals surface area contributed by atoms with E-state index in [1.165, 1.54) is 0 Å². The third-order valence-electron chi connectivity index (χ3n) is 1.91. The van der Waals surface area contributed by atoms with Crippen molar-refractivity contribution >= 4 is 10.9 Å². The van der Waals surface area contributed by atoms with E-state index in [4.69, 9.17) is 5.73 Å². The fourth-order valence-electron chi connectivity index (χ4n) is 1.32. The van der Waals surface area contributed by atoms with Crippen molar-refractivity contribution in [3.05, 3.63) is 36.0 Å². The average Bonchev–Trinajstić information content (AvgIpc) is 2.58. The largest absolute Gasteiger partial charge is 0.360 e. The smallest absolute Gasteiger partial charge is 0.0555 e. The van der Waals surface area contributed by atoms with Crippen molar-refractivity contribution in [1.29, 1.82) is 0 Å². The molecule has 0 spiro atoms. The van der Waals surface area contributed by atoms with Crippen LogP contribution in [-0.2, 0) is 0 Å². The zero-order chi connectivity index (χ0) is 9.10. The van der Waals surface area contributed by atoms with Crippen molar-refractivity contribution in [2.45, 2.75) is 0 Å². The minimum Gasteiger partial charge on any atom is -0.360 e. The maximum atomic E-state index is 5.31. The number of hydrogen-bond donors (Lipinski definition) is 2. The molecule has 1 heterocycles. The fraction of sp³-hybridized carbons (Fsp3) is 0.0909. The molecule has 64 valence electrons. The third kappa shape index (κ3) is 1.42. The molecule has 0 saturated carbocycles. The lowest BCUT2D eigenvalue weighted by Gasteiger charge is -1.87. The van der Waals surface area contributed by atoms with E-state index < -0.39 is 0 Å². The van der Waals surface area contributed by atoms with E-state index in [1.54, 1.807) is 0 Å². The van der Waals surface area contributed by atoms with Crippen molar-refractivity contribution in [2.75, 3.05) is 6.54 Å². The summed E-state index contributed by atoms with van der Waals surface area (Å²) in [6.45, 7) is 0.402. The first-order chi connectivity index (χ1) is 6.42. The molecule has 2 heteroatoms. The summed E-state index contributed by atoms with van der Waals surface area (Å²) < 4.78 is 0. The molecule has 0 saturated heterocycles. The van der Waals surface area contributed by atoms with Crippen LogP contribution in [0.15, 0.2) is 30.5 Å². The van der Waals surface area contributed by atoms with Crippen LogP contribution in [0.5, 0.6) is 0 Å². The highest BCUT2D eigenvalue weighted by molar-refractivity contribution is 5.85. The number of aromatic amines is 1. The summed E-state index contributed by atoms with van der Waals surface area (Å²) in [4.78, 5) is 3.15. The predicted octanol–water partition coefficient (Wildman–Crippen LogP) is 1.48. The number of nitrogens with one attached hydrogen (secondary N) is 1. The second-order valence-electron chi connectivity index (χ2n) is 2.75. The molecule has 0 unspecified atom stereocenters. The predicted molar refractivity (Wildman–Crippen MR) is 54.2 cm³/mol. The summed E-state index contributed by atoms with van der Waals surface area (Å²) in [6, 6.07) is 8.08. The molecule has 0 radical (unpaired) electrons. The van der Waals surface area contributed by atoms with Gasteiger partial charge in [-0.15, -0.1) is 0 Å². The highest BCUT2D eigenvalue weighted by atomic mass is 14.7. The summed E-state index contributed by atoms with van der Waals surface area (Å²) >= 11 is 0. The Hall–Kier alpha value is -1.72. The molecule has 2 rings (SSSR count). The van der Waals surface area contributed by atoms with Gasteiger partial charge in [-0.25, -0.2) is 0 Å². The number of para-hydroxylation sites is 1. The van der Waals surface area contributed by atoms with Crippen molar-refractivity contribution in [3.8, 4) is 11.8 Å². The van der Waals surface area contributed by atoms with Gasteiger partial charge in [0.05, 0.1) is 6.54 Å². The Morgan fingerprint density at radius 1 is 1.31 bits per heavy atom. The molecule has 3 N–H and O–H groups in total. The Balaban J connectivity index is 2.58. The molecule has 0 aliphatic heterocycles. The second-order valence-corrected chi connectivity index (χ2v) is 2.75. The zero-order valence-corrected chi connectivity index (χ0v) is 7.17. The monoisotopic (exact) mass is 170 g/mol. The number of aromatic nitrogens is 1. The van der Waals surface area contributed by atoms with Gasteiger partial charge in [-0.1, -0.05) is 30.0 Å². The van der Waals surface area contributed by atoms with E-state index in [0.717, 1.165) is 16.5 Å². The van der Waals surface area contributed by atoms with Gasteiger partial charge in [-0.05, 0) is 6.07 Å². The molecule has 0 amide bonds. The minimum absolute atomic E-state index is 0.402. The normalized spacial score (nSPS) is 9.62. The van der Waals surface area contributed by atoms with Gasteiger partial charge in [0.15, 0.2) is 0 Å². The van der Waals surface area contributed by atoms with Crippen molar-refractivity contribution in [2.24, 2.45) is 5.73 Å². The topological polar surface area (TPSA) is 41.8 Å². The van der Waals surface area contributed by atoms with Gasteiger partial charge in [-0.2, -0.15) is 0 Å². The Morgan fingerprint density at radius 2 is 2.15 bits per heavy atom. The number of rotatable bonds is 0. The first kappa shape index (κ1) is 7.90. The van der Waals surface area contributed by atoms with Crippen LogP contribution in [0.1, 0.15) is 5.56 Å². The molecule has 1 aromatic heterocycles. The van der Waals surface area contributed by atoms with Crippen LogP contribution in [0.4, 0.5) is 0 Å². The van der Waals surface area contributed by atoms with Gasteiger partial charge >= 0.3 is 0 Å². The summed E-state index contributed by atoms with van der Waals surface area (Å²) in [6.07, 6.45) is 1.91.